The lowest BCUT2D eigenvalue weighted by atomic mass is 10.00. The van der Waals surface area contributed by atoms with Gasteiger partial charge in [0.2, 0.25) is 0 Å². The summed E-state index contributed by atoms with van der Waals surface area (Å²) in [5, 5.41) is 11.5. The van der Waals surface area contributed by atoms with Gasteiger partial charge in [0.1, 0.15) is 5.75 Å². The van der Waals surface area contributed by atoms with E-state index in [1.54, 1.807) is 25.7 Å². The summed E-state index contributed by atoms with van der Waals surface area (Å²) < 4.78 is 5.59. The van der Waals surface area contributed by atoms with Gasteiger partial charge in [0.05, 0.1) is 29.0 Å². The Morgan fingerprint density at radius 2 is 1.66 bits per heavy atom. The molecular weight excluding hydrogens is 405 g/mol. The third-order valence-corrected chi connectivity index (χ3v) is 5.33. The van der Waals surface area contributed by atoms with Crippen LogP contribution in [0.3, 0.4) is 0 Å². The van der Waals surface area contributed by atoms with Crippen molar-refractivity contribution in [2.75, 3.05) is 7.11 Å². The fourth-order valence-corrected chi connectivity index (χ4v) is 3.71. The van der Waals surface area contributed by atoms with Crippen molar-refractivity contribution in [3.8, 4) is 5.75 Å². The predicted octanol–water partition coefficient (Wildman–Crippen LogP) is 6.10. The van der Waals surface area contributed by atoms with E-state index in [4.69, 9.17) is 27.9 Å². The number of nitrogens with zero attached hydrogens (tertiary/aromatic N) is 3. The number of hydrogen-bond donors (Lipinski definition) is 0. The van der Waals surface area contributed by atoms with Crippen LogP contribution in [0.25, 0.3) is 22.9 Å². The van der Waals surface area contributed by atoms with E-state index in [0.717, 1.165) is 38.9 Å². The normalized spacial score (nSPS) is 11.3. The van der Waals surface area contributed by atoms with Gasteiger partial charge in [-0.25, -0.2) is 0 Å². The first-order valence-electron chi connectivity index (χ1n) is 8.99. The van der Waals surface area contributed by atoms with Crippen LogP contribution >= 0.6 is 23.2 Å². The zero-order valence-corrected chi connectivity index (χ0v) is 17.2. The fourth-order valence-electron chi connectivity index (χ4n) is 3.22. The molecule has 144 valence electrons. The topological polar surface area (TPSA) is 47.9 Å². The third-order valence-electron chi connectivity index (χ3n) is 4.68. The monoisotopic (exact) mass is 421 g/mol. The van der Waals surface area contributed by atoms with Crippen molar-refractivity contribution in [1.29, 1.82) is 0 Å². The number of pyridine rings is 1. The van der Waals surface area contributed by atoms with Gasteiger partial charge in [-0.1, -0.05) is 59.6 Å². The highest BCUT2D eigenvalue weighted by atomic mass is 35.5. The molecule has 0 radical (unpaired) electrons. The van der Waals surface area contributed by atoms with Crippen LogP contribution in [0.2, 0.25) is 10.0 Å². The molecule has 0 atom stereocenters. The van der Waals surface area contributed by atoms with Gasteiger partial charge in [-0.15, -0.1) is 0 Å². The minimum Gasteiger partial charge on any atom is -0.496 e. The van der Waals surface area contributed by atoms with E-state index >= 15 is 0 Å². The van der Waals surface area contributed by atoms with Gasteiger partial charge in [-0.05, 0) is 29.3 Å². The maximum Gasteiger partial charge on any atom is 0.126 e. The molecule has 2 aromatic carbocycles. The summed E-state index contributed by atoms with van der Waals surface area (Å²) in [6, 6.07) is 14.0. The highest BCUT2D eigenvalue weighted by molar-refractivity contribution is 6.35. The second-order valence-corrected chi connectivity index (χ2v) is 7.25. The number of fused-ring (bicyclic) bond motifs is 1. The first kappa shape index (κ1) is 19.4. The SMILES string of the molecule is COc1ccc2c(Cc3c(Cl)cncc3Cl)nncc2c1/C=C/c1ccccc1. The van der Waals surface area contributed by atoms with Crippen LogP contribution in [0.4, 0.5) is 0 Å². The molecule has 4 nitrogen and oxygen atoms in total. The Hall–Kier alpha value is -2.95. The molecule has 4 rings (SSSR count). The summed E-state index contributed by atoms with van der Waals surface area (Å²) in [6.45, 7) is 0. The average Bonchev–Trinajstić information content (AvgIpc) is 2.75. The molecule has 0 aliphatic rings. The number of rotatable bonds is 5. The third kappa shape index (κ3) is 4.09. The summed E-state index contributed by atoms with van der Waals surface area (Å²) in [7, 11) is 1.66. The summed E-state index contributed by atoms with van der Waals surface area (Å²) >= 11 is 12.6. The predicted molar refractivity (Wildman–Crippen MR) is 119 cm³/mol. The molecule has 6 heteroatoms. The molecule has 0 unspecified atom stereocenters. The number of aromatic nitrogens is 3. The Bertz CT molecular complexity index is 1170. The van der Waals surface area contributed by atoms with Crippen LogP contribution in [0.5, 0.6) is 5.75 Å². The summed E-state index contributed by atoms with van der Waals surface area (Å²) in [5.74, 6) is 0.767. The smallest absolute Gasteiger partial charge is 0.126 e. The van der Waals surface area contributed by atoms with Crippen LogP contribution in [0.1, 0.15) is 22.4 Å². The quantitative estimate of drug-likeness (QED) is 0.365. The van der Waals surface area contributed by atoms with Gasteiger partial charge in [0.15, 0.2) is 0 Å². The summed E-state index contributed by atoms with van der Waals surface area (Å²) in [5.41, 5.74) is 3.61. The molecule has 4 aromatic rings. The number of ether oxygens (including phenoxy) is 1. The summed E-state index contributed by atoms with van der Waals surface area (Å²) in [4.78, 5) is 4.01. The zero-order valence-electron chi connectivity index (χ0n) is 15.6. The van der Waals surface area contributed by atoms with Gasteiger partial charge in [-0.3, -0.25) is 4.98 Å². The second-order valence-electron chi connectivity index (χ2n) is 6.44. The van der Waals surface area contributed by atoms with Crippen LogP contribution in [0, 0.1) is 0 Å². The molecule has 0 saturated carbocycles. The van der Waals surface area contributed by atoms with E-state index in [9.17, 15) is 0 Å². The van der Waals surface area contributed by atoms with Gasteiger partial charge in [-0.2, -0.15) is 10.2 Å². The number of halogens is 2. The van der Waals surface area contributed by atoms with Crippen molar-refractivity contribution < 1.29 is 4.74 Å². The lowest BCUT2D eigenvalue weighted by Crippen LogP contribution is -2.00. The van der Waals surface area contributed by atoms with Crippen molar-refractivity contribution in [2.45, 2.75) is 6.42 Å². The maximum atomic E-state index is 6.30. The Balaban J connectivity index is 1.82. The highest BCUT2D eigenvalue weighted by Gasteiger charge is 2.14. The molecule has 0 amide bonds. The van der Waals surface area contributed by atoms with Gasteiger partial charge in [0, 0.05) is 35.2 Å². The van der Waals surface area contributed by atoms with Gasteiger partial charge < -0.3 is 4.74 Å². The van der Waals surface area contributed by atoms with E-state index in [2.05, 4.69) is 15.2 Å². The molecule has 29 heavy (non-hydrogen) atoms. The van der Waals surface area contributed by atoms with E-state index in [0.29, 0.717) is 16.5 Å². The average molecular weight is 422 g/mol. The van der Waals surface area contributed by atoms with Crippen molar-refractivity contribution in [3.63, 3.8) is 0 Å². The molecule has 0 fully saturated rings. The minimum absolute atomic E-state index is 0.457. The van der Waals surface area contributed by atoms with Crippen LogP contribution in [-0.2, 0) is 6.42 Å². The van der Waals surface area contributed by atoms with Gasteiger partial charge >= 0.3 is 0 Å². The summed E-state index contributed by atoms with van der Waals surface area (Å²) in [6.07, 6.45) is 9.46. The Kier molecular flexibility index (Phi) is 5.74. The molecule has 0 N–H and O–H groups in total. The van der Waals surface area contributed by atoms with E-state index in [1.165, 1.54) is 0 Å². The van der Waals surface area contributed by atoms with Crippen LogP contribution in [-0.4, -0.2) is 22.3 Å². The molecule has 0 saturated heterocycles. The van der Waals surface area contributed by atoms with Crippen molar-refractivity contribution in [1.82, 2.24) is 15.2 Å². The minimum atomic E-state index is 0.457. The van der Waals surface area contributed by atoms with E-state index < -0.39 is 0 Å². The van der Waals surface area contributed by atoms with E-state index in [-0.39, 0.29) is 0 Å². The van der Waals surface area contributed by atoms with Crippen molar-refractivity contribution in [3.05, 3.63) is 93.5 Å². The maximum absolute atomic E-state index is 6.30. The Labute approximate surface area is 178 Å². The molecule has 2 aromatic heterocycles. The highest BCUT2D eigenvalue weighted by Crippen LogP contribution is 2.33. The van der Waals surface area contributed by atoms with Gasteiger partial charge in [0.25, 0.3) is 0 Å². The number of methoxy groups -OCH3 is 1. The fraction of sp³-hybridized carbons (Fsp3) is 0.0870. The van der Waals surface area contributed by atoms with Crippen LogP contribution < -0.4 is 4.74 Å². The molecule has 0 spiro atoms. The van der Waals surface area contributed by atoms with Crippen molar-refractivity contribution >= 4 is 46.1 Å². The Morgan fingerprint density at radius 1 is 0.897 bits per heavy atom. The Morgan fingerprint density at radius 3 is 2.38 bits per heavy atom. The molecule has 2 heterocycles. The molecule has 0 aliphatic heterocycles. The lowest BCUT2D eigenvalue weighted by Gasteiger charge is -2.12. The lowest BCUT2D eigenvalue weighted by molar-refractivity contribution is 0.414. The standard InChI is InChI=1S/C23H17Cl2N3O/c1-29-23-10-9-16-19(17(23)8-7-15-5-3-2-4-6-15)12-27-28-22(16)11-18-20(24)13-26-14-21(18)25/h2-10,12-14H,11H2,1H3/b8-7+. The number of hydrogen-bond acceptors (Lipinski definition) is 4. The first-order chi connectivity index (χ1) is 14.2. The first-order valence-corrected chi connectivity index (χ1v) is 9.75. The van der Waals surface area contributed by atoms with Crippen molar-refractivity contribution in [2.24, 2.45) is 0 Å². The largest absolute Gasteiger partial charge is 0.496 e. The second kappa shape index (κ2) is 8.60. The van der Waals surface area contributed by atoms with E-state index in [1.807, 2.05) is 54.6 Å². The van der Waals surface area contributed by atoms with Crippen LogP contribution in [0.15, 0.2) is 61.1 Å². The molecule has 0 bridgehead atoms. The molecule has 0 aliphatic carbocycles. The number of benzene rings is 2. The zero-order chi connectivity index (χ0) is 20.2. The molecular formula is C23H17Cl2N3O.